The molecule has 1 fully saturated rings. The summed E-state index contributed by atoms with van der Waals surface area (Å²) in [5.74, 6) is 1.07. The lowest BCUT2D eigenvalue weighted by Crippen LogP contribution is -2.35. The van der Waals surface area contributed by atoms with Crippen LogP contribution in [-0.2, 0) is 12.6 Å². The number of benzene rings is 1. The van der Waals surface area contributed by atoms with Gasteiger partial charge in [-0.2, -0.15) is 13.2 Å². The van der Waals surface area contributed by atoms with Crippen LogP contribution in [0.15, 0.2) is 29.6 Å². The summed E-state index contributed by atoms with van der Waals surface area (Å²) in [4.78, 5) is 10.5. The number of hydrogen-bond acceptors (Lipinski definition) is 4. The van der Waals surface area contributed by atoms with Gasteiger partial charge in [-0.1, -0.05) is 19.1 Å². The summed E-state index contributed by atoms with van der Waals surface area (Å²) in [7, 11) is 0. The summed E-state index contributed by atoms with van der Waals surface area (Å²) in [6.45, 7) is 3.50. The number of halogens is 3. The number of anilines is 1. The standard InChI is InChI=1S/C18H19F3N4S/c1-2-16-22-13-5-3-4-6-14(13)25(16)12-7-9-24(10-8-12)17-23-15(11-26-17)18(19,20)21/h3-6,11-12H,2,7-10H2,1H3. The van der Waals surface area contributed by atoms with Crippen LogP contribution in [-0.4, -0.2) is 27.6 Å². The first-order valence-electron chi connectivity index (χ1n) is 8.71. The Kier molecular flexibility index (Phi) is 4.38. The van der Waals surface area contributed by atoms with Crippen LogP contribution in [0.3, 0.4) is 0 Å². The Bertz CT molecular complexity index is 907. The van der Waals surface area contributed by atoms with Crippen molar-refractivity contribution in [3.05, 3.63) is 41.2 Å². The van der Waals surface area contributed by atoms with Crippen molar-refractivity contribution in [1.82, 2.24) is 14.5 Å². The number of aryl methyl sites for hydroxylation is 1. The molecule has 3 heterocycles. The fourth-order valence-electron chi connectivity index (χ4n) is 3.61. The molecule has 4 nitrogen and oxygen atoms in total. The molecular formula is C18H19F3N4S. The van der Waals surface area contributed by atoms with E-state index in [1.165, 1.54) is 0 Å². The first-order valence-corrected chi connectivity index (χ1v) is 9.59. The van der Waals surface area contributed by atoms with Crippen LogP contribution in [0.2, 0.25) is 0 Å². The van der Waals surface area contributed by atoms with E-state index in [4.69, 9.17) is 4.98 Å². The molecule has 4 rings (SSSR count). The number of piperidine rings is 1. The summed E-state index contributed by atoms with van der Waals surface area (Å²) in [6.07, 6.45) is -1.78. The second-order valence-electron chi connectivity index (χ2n) is 6.47. The van der Waals surface area contributed by atoms with Crippen LogP contribution in [0.25, 0.3) is 11.0 Å². The van der Waals surface area contributed by atoms with Gasteiger partial charge >= 0.3 is 6.18 Å². The lowest BCUT2D eigenvalue weighted by Gasteiger charge is -2.33. The van der Waals surface area contributed by atoms with E-state index in [-0.39, 0.29) is 0 Å². The highest BCUT2D eigenvalue weighted by Gasteiger charge is 2.35. The number of aromatic nitrogens is 3. The smallest absolute Gasteiger partial charge is 0.348 e. The van der Waals surface area contributed by atoms with Crippen molar-refractivity contribution in [3.63, 3.8) is 0 Å². The van der Waals surface area contributed by atoms with E-state index in [1.54, 1.807) is 0 Å². The molecule has 0 radical (unpaired) electrons. The van der Waals surface area contributed by atoms with Crippen LogP contribution in [0, 0.1) is 0 Å². The highest BCUT2D eigenvalue weighted by atomic mass is 32.1. The van der Waals surface area contributed by atoms with Gasteiger partial charge in [0, 0.05) is 30.9 Å². The van der Waals surface area contributed by atoms with E-state index in [2.05, 4.69) is 22.5 Å². The van der Waals surface area contributed by atoms with Crippen molar-refractivity contribution in [2.24, 2.45) is 0 Å². The summed E-state index contributed by atoms with van der Waals surface area (Å²) in [6, 6.07) is 8.43. The zero-order chi connectivity index (χ0) is 18.3. The Labute approximate surface area is 153 Å². The molecule has 2 aromatic heterocycles. The Morgan fingerprint density at radius 1 is 1.15 bits per heavy atom. The van der Waals surface area contributed by atoms with Crippen LogP contribution < -0.4 is 4.90 Å². The molecule has 3 aromatic rings. The van der Waals surface area contributed by atoms with Crippen molar-refractivity contribution in [2.45, 2.75) is 38.4 Å². The van der Waals surface area contributed by atoms with Gasteiger partial charge in [0.15, 0.2) is 10.8 Å². The molecule has 0 spiro atoms. The monoisotopic (exact) mass is 380 g/mol. The Balaban J connectivity index is 1.53. The van der Waals surface area contributed by atoms with Gasteiger partial charge in [0.1, 0.15) is 5.82 Å². The van der Waals surface area contributed by atoms with Crippen molar-refractivity contribution < 1.29 is 13.2 Å². The molecule has 1 saturated heterocycles. The van der Waals surface area contributed by atoms with Crippen LogP contribution in [0.4, 0.5) is 18.3 Å². The fourth-order valence-corrected chi connectivity index (χ4v) is 4.49. The molecule has 0 N–H and O–H groups in total. The van der Waals surface area contributed by atoms with Gasteiger partial charge in [-0.3, -0.25) is 0 Å². The second kappa shape index (κ2) is 6.57. The molecule has 0 bridgehead atoms. The van der Waals surface area contributed by atoms with E-state index in [1.807, 2.05) is 23.1 Å². The predicted octanol–water partition coefficient (Wildman–Crippen LogP) is 4.92. The molecule has 1 aromatic carbocycles. The average molecular weight is 380 g/mol. The summed E-state index contributed by atoms with van der Waals surface area (Å²) in [5, 5.41) is 1.56. The molecule has 0 aliphatic carbocycles. The largest absolute Gasteiger partial charge is 0.434 e. The molecule has 1 aliphatic rings. The molecule has 26 heavy (non-hydrogen) atoms. The zero-order valence-electron chi connectivity index (χ0n) is 14.3. The Morgan fingerprint density at radius 2 is 1.88 bits per heavy atom. The average Bonchev–Trinajstić information content (AvgIpc) is 3.26. The van der Waals surface area contributed by atoms with Gasteiger partial charge in [0.2, 0.25) is 0 Å². The maximum Gasteiger partial charge on any atom is 0.434 e. The summed E-state index contributed by atoms with van der Waals surface area (Å²) in [5.41, 5.74) is 1.34. The normalized spacial score (nSPS) is 16.5. The zero-order valence-corrected chi connectivity index (χ0v) is 15.1. The van der Waals surface area contributed by atoms with Gasteiger partial charge in [0.25, 0.3) is 0 Å². The van der Waals surface area contributed by atoms with Crippen LogP contribution >= 0.6 is 11.3 Å². The van der Waals surface area contributed by atoms with Crippen LogP contribution in [0.5, 0.6) is 0 Å². The molecular weight excluding hydrogens is 361 g/mol. The molecule has 0 atom stereocenters. The minimum Gasteiger partial charge on any atom is -0.348 e. The fraction of sp³-hybridized carbons (Fsp3) is 0.444. The second-order valence-corrected chi connectivity index (χ2v) is 7.31. The van der Waals surface area contributed by atoms with Crippen LogP contribution in [0.1, 0.15) is 37.3 Å². The first-order chi connectivity index (χ1) is 12.5. The van der Waals surface area contributed by atoms with E-state index in [0.717, 1.165) is 52.8 Å². The Hall–Kier alpha value is -2.09. The topological polar surface area (TPSA) is 34.0 Å². The van der Waals surface area contributed by atoms with Crippen molar-refractivity contribution >= 4 is 27.5 Å². The third-order valence-corrected chi connectivity index (χ3v) is 5.77. The Morgan fingerprint density at radius 3 is 2.54 bits per heavy atom. The highest BCUT2D eigenvalue weighted by molar-refractivity contribution is 7.13. The number of alkyl halides is 3. The third kappa shape index (κ3) is 3.06. The van der Waals surface area contributed by atoms with E-state index < -0.39 is 11.9 Å². The molecule has 0 unspecified atom stereocenters. The number of thiazole rings is 1. The van der Waals surface area contributed by atoms with Gasteiger partial charge in [0.05, 0.1) is 11.0 Å². The third-order valence-electron chi connectivity index (χ3n) is 4.87. The number of rotatable bonds is 3. The lowest BCUT2D eigenvalue weighted by molar-refractivity contribution is -0.140. The quantitative estimate of drug-likeness (QED) is 0.647. The SMILES string of the molecule is CCc1nc2ccccc2n1C1CCN(c2nc(C(F)(F)F)cs2)CC1. The van der Waals surface area contributed by atoms with Crippen molar-refractivity contribution in [2.75, 3.05) is 18.0 Å². The molecule has 0 saturated carbocycles. The van der Waals surface area contributed by atoms with Gasteiger partial charge < -0.3 is 9.47 Å². The predicted molar refractivity (Wildman–Crippen MR) is 96.7 cm³/mol. The first kappa shape index (κ1) is 17.3. The maximum atomic E-state index is 12.8. The lowest BCUT2D eigenvalue weighted by atomic mass is 10.0. The molecule has 1 aliphatic heterocycles. The van der Waals surface area contributed by atoms with Gasteiger partial charge in [-0.25, -0.2) is 9.97 Å². The summed E-state index contributed by atoms with van der Waals surface area (Å²) < 4.78 is 40.6. The summed E-state index contributed by atoms with van der Waals surface area (Å²) >= 11 is 1.07. The molecule has 8 heteroatoms. The van der Waals surface area contributed by atoms with E-state index in [0.29, 0.717) is 24.3 Å². The van der Waals surface area contributed by atoms with Gasteiger partial charge in [-0.05, 0) is 25.0 Å². The number of fused-ring (bicyclic) bond motifs is 1. The molecule has 138 valence electrons. The maximum absolute atomic E-state index is 12.8. The number of hydrogen-bond donors (Lipinski definition) is 0. The number of imidazole rings is 1. The van der Waals surface area contributed by atoms with E-state index in [9.17, 15) is 13.2 Å². The van der Waals surface area contributed by atoms with Crippen molar-refractivity contribution in [3.8, 4) is 0 Å². The number of para-hydroxylation sites is 2. The van der Waals surface area contributed by atoms with Gasteiger partial charge in [-0.15, -0.1) is 11.3 Å². The minimum absolute atomic E-state index is 0.315. The number of nitrogens with zero attached hydrogens (tertiary/aromatic N) is 4. The molecule has 0 amide bonds. The highest BCUT2D eigenvalue weighted by Crippen LogP contribution is 2.35. The van der Waals surface area contributed by atoms with Crippen molar-refractivity contribution in [1.29, 1.82) is 0 Å². The van der Waals surface area contributed by atoms with E-state index >= 15 is 0 Å². The minimum atomic E-state index is -4.38.